The van der Waals surface area contributed by atoms with E-state index >= 15 is 0 Å². The minimum Gasteiger partial charge on any atom is -0.489 e. The lowest BCUT2D eigenvalue weighted by Crippen LogP contribution is -2.36. The van der Waals surface area contributed by atoms with Crippen LogP contribution in [0.3, 0.4) is 0 Å². The minimum absolute atomic E-state index is 0.572. The van der Waals surface area contributed by atoms with Crippen molar-refractivity contribution in [2.45, 2.75) is 19.7 Å². The molecule has 0 radical (unpaired) electrons. The van der Waals surface area contributed by atoms with E-state index in [1.54, 1.807) is 13.2 Å². The molecule has 140 valence electrons. The molecule has 6 nitrogen and oxygen atoms in total. The number of hydrogen-bond donors (Lipinski definition) is 2. The monoisotopic (exact) mass is 363 g/mol. The number of nitrogens with zero attached hydrogens (tertiary/aromatic N) is 3. The number of aryl methyl sites for hydroxylation is 1. The molecule has 0 atom stereocenters. The molecule has 0 aliphatic heterocycles. The summed E-state index contributed by atoms with van der Waals surface area (Å²) in [6.07, 6.45) is 1.79. The van der Waals surface area contributed by atoms with Crippen LogP contribution >= 0.6 is 0 Å². The lowest BCUT2D eigenvalue weighted by atomic mass is 10.2. The van der Waals surface area contributed by atoms with Crippen molar-refractivity contribution in [1.29, 1.82) is 0 Å². The second-order valence-corrected chi connectivity index (χ2v) is 6.14. The number of aromatic nitrogens is 2. The molecule has 0 saturated heterocycles. The Labute approximate surface area is 159 Å². The third kappa shape index (κ3) is 5.60. The average molecular weight is 363 g/mol. The second-order valence-electron chi connectivity index (χ2n) is 6.14. The van der Waals surface area contributed by atoms with Crippen LogP contribution in [-0.2, 0) is 26.7 Å². The molecule has 2 N–H and O–H groups in total. The molecule has 3 aromatic rings. The van der Waals surface area contributed by atoms with E-state index in [1.165, 1.54) is 0 Å². The van der Waals surface area contributed by atoms with E-state index in [9.17, 15) is 0 Å². The molecule has 3 rings (SSSR count). The molecule has 0 amide bonds. The van der Waals surface area contributed by atoms with E-state index < -0.39 is 0 Å². The molecular weight excluding hydrogens is 338 g/mol. The molecule has 27 heavy (non-hydrogen) atoms. The fourth-order valence-corrected chi connectivity index (χ4v) is 2.60. The van der Waals surface area contributed by atoms with Gasteiger partial charge < -0.3 is 15.4 Å². The maximum atomic E-state index is 5.82. The first kappa shape index (κ1) is 18.5. The molecule has 2 aromatic carbocycles. The highest BCUT2D eigenvalue weighted by molar-refractivity contribution is 5.79. The highest BCUT2D eigenvalue weighted by atomic mass is 16.5. The molecular formula is C21H25N5O. The number of guanidine groups is 1. The van der Waals surface area contributed by atoms with Crippen LogP contribution in [0.25, 0.3) is 0 Å². The van der Waals surface area contributed by atoms with Gasteiger partial charge in [0.15, 0.2) is 5.96 Å². The fraction of sp³-hybridized carbons (Fsp3) is 0.238. The van der Waals surface area contributed by atoms with Gasteiger partial charge in [0, 0.05) is 26.8 Å². The van der Waals surface area contributed by atoms with Gasteiger partial charge in [-0.25, -0.2) is 0 Å². The van der Waals surface area contributed by atoms with Gasteiger partial charge in [-0.05, 0) is 29.3 Å². The highest BCUT2D eigenvalue weighted by Crippen LogP contribution is 2.14. The Morgan fingerprint density at radius 2 is 1.70 bits per heavy atom. The van der Waals surface area contributed by atoms with Gasteiger partial charge in [-0.1, -0.05) is 42.5 Å². The van der Waals surface area contributed by atoms with Crippen molar-refractivity contribution in [3.63, 3.8) is 0 Å². The molecule has 0 aliphatic rings. The van der Waals surface area contributed by atoms with Crippen LogP contribution in [0.15, 0.2) is 71.9 Å². The van der Waals surface area contributed by atoms with Gasteiger partial charge in [0.2, 0.25) is 0 Å². The minimum atomic E-state index is 0.572. The Kier molecular flexibility index (Phi) is 6.46. The summed E-state index contributed by atoms with van der Waals surface area (Å²) < 4.78 is 7.66. The van der Waals surface area contributed by atoms with Gasteiger partial charge in [0.1, 0.15) is 12.4 Å². The van der Waals surface area contributed by atoms with Crippen molar-refractivity contribution in [3.05, 3.63) is 83.7 Å². The topological polar surface area (TPSA) is 63.5 Å². The van der Waals surface area contributed by atoms with Crippen LogP contribution in [0.1, 0.15) is 16.8 Å². The van der Waals surface area contributed by atoms with Crippen LogP contribution in [0.2, 0.25) is 0 Å². The van der Waals surface area contributed by atoms with Crippen LogP contribution in [0.5, 0.6) is 5.75 Å². The predicted octanol–water partition coefficient (Wildman–Crippen LogP) is 2.86. The summed E-state index contributed by atoms with van der Waals surface area (Å²) in [5.41, 5.74) is 3.41. The quantitative estimate of drug-likeness (QED) is 0.500. The lowest BCUT2D eigenvalue weighted by molar-refractivity contribution is 0.306. The van der Waals surface area contributed by atoms with E-state index in [2.05, 4.69) is 45.0 Å². The summed E-state index contributed by atoms with van der Waals surface area (Å²) in [7, 11) is 3.69. The Morgan fingerprint density at radius 1 is 0.963 bits per heavy atom. The summed E-state index contributed by atoms with van der Waals surface area (Å²) in [4.78, 5) is 4.25. The molecule has 0 aliphatic carbocycles. The largest absolute Gasteiger partial charge is 0.489 e. The lowest BCUT2D eigenvalue weighted by Gasteiger charge is -2.12. The molecule has 1 aromatic heterocycles. The molecule has 0 bridgehead atoms. The van der Waals surface area contributed by atoms with Crippen molar-refractivity contribution in [2.75, 3.05) is 7.05 Å². The first-order valence-electron chi connectivity index (χ1n) is 8.91. The van der Waals surface area contributed by atoms with Gasteiger partial charge in [-0.2, -0.15) is 5.10 Å². The van der Waals surface area contributed by atoms with Gasteiger partial charge in [-0.3, -0.25) is 9.67 Å². The third-order valence-electron chi connectivity index (χ3n) is 4.21. The number of aliphatic imine (C=N–C) groups is 1. The molecule has 1 heterocycles. The number of benzene rings is 2. The van der Waals surface area contributed by atoms with Crippen molar-refractivity contribution in [1.82, 2.24) is 20.4 Å². The van der Waals surface area contributed by atoms with Crippen molar-refractivity contribution in [2.24, 2.45) is 12.0 Å². The standard InChI is InChI=1S/C21H25N5O/c1-22-21(24-15-19-12-13-25-26(19)2)23-14-17-8-10-20(11-9-17)27-16-18-6-4-3-5-7-18/h3-13H,14-16H2,1-2H3,(H2,22,23,24). The summed E-state index contributed by atoms with van der Waals surface area (Å²) in [6.45, 7) is 1.93. The Morgan fingerprint density at radius 3 is 2.37 bits per heavy atom. The second kappa shape index (κ2) is 9.43. The normalized spacial score (nSPS) is 11.3. The van der Waals surface area contributed by atoms with E-state index in [0.717, 1.165) is 28.5 Å². The first-order valence-corrected chi connectivity index (χ1v) is 8.91. The van der Waals surface area contributed by atoms with E-state index in [-0.39, 0.29) is 0 Å². The van der Waals surface area contributed by atoms with Crippen LogP contribution in [-0.4, -0.2) is 22.8 Å². The molecule has 0 fully saturated rings. The fourth-order valence-electron chi connectivity index (χ4n) is 2.60. The number of hydrogen-bond acceptors (Lipinski definition) is 3. The third-order valence-corrected chi connectivity index (χ3v) is 4.21. The molecule has 0 unspecified atom stereocenters. The van der Waals surface area contributed by atoms with Gasteiger partial charge >= 0.3 is 0 Å². The number of ether oxygens (including phenoxy) is 1. The Balaban J connectivity index is 1.45. The van der Waals surface area contributed by atoms with Gasteiger partial charge in [0.05, 0.1) is 12.2 Å². The summed E-state index contributed by atoms with van der Waals surface area (Å²) in [6, 6.07) is 20.2. The summed E-state index contributed by atoms with van der Waals surface area (Å²) in [5.74, 6) is 1.61. The van der Waals surface area contributed by atoms with Gasteiger partial charge in [-0.15, -0.1) is 0 Å². The van der Waals surface area contributed by atoms with E-state index in [4.69, 9.17) is 4.74 Å². The Hall–Kier alpha value is -3.28. The predicted molar refractivity (Wildman–Crippen MR) is 107 cm³/mol. The van der Waals surface area contributed by atoms with Crippen LogP contribution in [0, 0.1) is 0 Å². The first-order chi connectivity index (χ1) is 13.2. The molecule has 0 saturated carbocycles. The van der Waals surface area contributed by atoms with E-state index in [1.807, 2.05) is 48.1 Å². The van der Waals surface area contributed by atoms with Crippen LogP contribution in [0.4, 0.5) is 0 Å². The highest BCUT2D eigenvalue weighted by Gasteiger charge is 2.02. The smallest absolute Gasteiger partial charge is 0.191 e. The number of nitrogens with one attached hydrogen (secondary N) is 2. The Bertz CT molecular complexity index is 856. The summed E-state index contributed by atoms with van der Waals surface area (Å²) >= 11 is 0. The maximum Gasteiger partial charge on any atom is 0.191 e. The van der Waals surface area contributed by atoms with Crippen LogP contribution < -0.4 is 15.4 Å². The van der Waals surface area contributed by atoms with Crippen molar-refractivity contribution in [3.8, 4) is 5.75 Å². The zero-order chi connectivity index (χ0) is 18.9. The average Bonchev–Trinajstić information content (AvgIpc) is 3.13. The SMILES string of the molecule is CN=C(NCc1ccc(OCc2ccccc2)cc1)NCc1ccnn1C. The zero-order valence-electron chi connectivity index (χ0n) is 15.7. The zero-order valence-corrected chi connectivity index (χ0v) is 15.7. The van der Waals surface area contributed by atoms with Crippen molar-refractivity contribution >= 4 is 5.96 Å². The summed E-state index contributed by atoms with van der Waals surface area (Å²) in [5, 5.41) is 10.8. The van der Waals surface area contributed by atoms with E-state index in [0.29, 0.717) is 19.7 Å². The molecule has 6 heteroatoms. The van der Waals surface area contributed by atoms with Gasteiger partial charge in [0.25, 0.3) is 0 Å². The maximum absolute atomic E-state index is 5.82. The number of rotatable bonds is 7. The molecule has 0 spiro atoms. The van der Waals surface area contributed by atoms with Crippen molar-refractivity contribution < 1.29 is 4.74 Å².